The first-order valence-corrected chi connectivity index (χ1v) is 9.87. The molecule has 0 saturated carbocycles. The van der Waals surface area contributed by atoms with Crippen molar-refractivity contribution in [1.82, 2.24) is 4.90 Å². The van der Waals surface area contributed by atoms with E-state index in [0.29, 0.717) is 5.02 Å². The number of nitrogens with one attached hydrogen (secondary N) is 1. The molecule has 27 heavy (non-hydrogen) atoms. The molecule has 0 radical (unpaired) electrons. The van der Waals surface area contributed by atoms with E-state index in [9.17, 15) is 4.79 Å². The Morgan fingerprint density at radius 2 is 1.74 bits per heavy atom. The number of amides is 1. The third kappa shape index (κ3) is 4.45. The molecule has 1 aliphatic heterocycles. The Morgan fingerprint density at radius 3 is 2.44 bits per heavy atom. The van der Waals surface area contributed by atoms with Gasteiger partial charge in [0.25, 0.3) is 0 Å². The molecule has 0 aliphatic carbocycles. The molecule has 1 saturated heterocycles. The normalized spacial score (nSPS) is 16.3. The molecule has 1 heterocycles. The summed E-state index contributed by atoms with van der Waals surface area (Å²) in [5.74, 6) is 0.0144. The van der Waals surface area contributed by atoms with Gasteiger partial charge in [0, 0.05) is 42.6 Å². The number of nitrogens with zero attached hydrogens (tertiary/aromatic N) is 2. The summed E-state index contributed by atoms with van der Waals surface area (Å²) in [5.41, 5.74) is 5.77. The minimum Gasteiger partial charge on any atom is -0.369 e. The summed E-state index contributed by atoms with van der Waals surface area (Å²) in [6.07, 6.45) is 0. The smallest absolute Gasteiger partial charge is 0.241 e. The van der Waals surface area contributed by atoms with Crippen LogP contribution in [0.1, 0.15) is 23.6 Å². The van der Waals surface area contributed by atoms with Gasteiger partial charge in [0.1, 0.15) is 0 Å². The quantitative estimate of drug-likeness (QED) is 0.846. The van der Waals surface area contributed by atoms with Crippen LogP contribution in [0.5, 0.6) is 0 Å². The number of hydrogen-bond donors (Lipinski definition) is 1. The fourth-order valence-corrected chi connectivity index (χ4v) is 3.73. The average molecular weight is 386 g/mol. The first-order valence-electron chi connectivity index (χ1n) is 9.49. The summed E-state index contributed by atoms with van der Waals surface area (Å²) in [6.45, 7) is 11.9. The van der Waals surface area contributed by atoms with Crippen molar-refractivity contribution in [3.63, 3.8) is 0 Å². The zero-order valence-electron chi connectivity index (χ0n) is 16.6. The molecule has 0 bridgehead atoms. The van der Waals surface area contributed by atoms with Crippen LogP contribution in [-0.2, 0) is 4.79 Å². The maximum Gasteiger partial charge on any atom is 0.241 e. The lowest BCUT2D eigenvalue weighted by molar-refractivity contribution is -0.120. The first-order chi connectivity index (χ1) is 12.9. The summed E-state index contributed by atoms with van der Waals surface area (Å²) in [7, 11) is 0. The molecule has 4 nitrogen and oxygen atoms in total. The molecule has 1 N–H and O–H groups in total. The zero-order chi connectivity index (χ0) is 19.6. The van der Waals surface area contributed by atoms with Gasteiger partial charge in [0.2, 0.25) is 5.91 Å². The van der Waals surface area contributed by atoms with Gasteiger partial charge in [0.05, 0.1) is 6.04 Å². The van der Waals surface area contributed by atoms with Gasteiger partial charge in [-0.3, -0.25) is 9.69 Å². The van der Waals surface area contributed by atoms with Crippen molar-refractivity contribution >= 4 is 28.9 Å². The highest BCUT2D eigenvalue weighted by atomic mass is 35.5. The van der Waals surface area contributed by atoms with Gasteiger partial charge in [-0.05, 0) is 62.6 Å². The van der Waals surface area contributed by atoms with Crippen LogP contribution in [0.15, 0.2) is 36.4 Å². The van der Waals surface area contributed by atoms with Gasteiger partial charge in [-0.15, -0.1) is 0 Å². The van der Waals surface area contributed by atoms with Gasteiger partial charge in [-0.1, -0.05) is 29.8 Å². The number of carbonyl (C=O) groups is 1. The van der Waals surface area contributed by atoms with Crippen LogP contribution in [0.25, 0.3) is 0 Å². The molecule has 1 fully saturated rings. The number of benzene rings is 2. The van der Waals surface area contributed by atoms with Crippen LogP contribution in [0.3, 0.4) is 0 Å². The number of halogens is 1. The Morgan fingerprint density at radius 1 is 1.04 bits per heavy atom. The van der Waals surface area contributed by atoms with Crippen molar-refractivity contribution in [3.8, 4) is 0 Å². The molecule has 3 rings (SSSR count). The molecule has 5 heteroatoms. The van der Waals surface area contributed by atoms with E-state index in [1.807, 2.05) is 26.0 Å². The Kier molecular flexibility index (Phi) is 6.08. The van der Waals surface area contributed by atoms with E-state index < -0.39 is 0 Å². The van der Waals surface area contributed by atoms with E-state index in [1.54, 1.807) is 6.07 Å². The molecule has 2 aromatic carbocycles. The van der Waals surface area contributed by atoms with Gasteiger partial charge < -0.3 is 10.2 Å². The molecule has 0 aromatic heterocycles. The molecule has 1 amide bonds. The highest BCUT2D eigenvalue weighted by Gasteiger charge is 2.26. The van der Waals surface area contributed by atoms with Gasteiger partial charge in [-0.25, -0.2) is 0 Å². The SMILES string of the molecule is Cc1ccc(Cl)cc1NC(=O)C(C)N1CCN(c2cccc(C)c2C)CC1. The van der Waals surface area contributed by atoms with Crippen molar-refractivity contribution in [1.29, 1.82) is 0 Å². The summed E-state index contributed by atoms with van der Waals surface area (Å²) >= 11 is 6.06. The van der Waals surface area contributed by atoms with E-state index >= 15 is 0 Å². The second-order valence-corrected chi connectivity index (χ2v) is 7.80. The molecule has 0 spiro atoms. The standard InChI is InChI=1S/C22H28ClN3O/c1-15-6-5-7-21(17(15)3)26-12-10-25(11-13-26)18(4)22(27)24-20-14-19(23)9-8-16(20)2/h5-9,14,18H,10-13H2,1-4H3,(H,24,27). The second-order valence-electron chi connectivity index (χ2n) is 7.37. The van der Waals surface area contributed by atoms with E-state index in [4.69, 9.17) is 11.6 Å². The number of piperazine rings is 1. The number of rotatable bonds is 4. The van der Waals surface area contributed by atoms with Crippen molar-refractivity contribution in [2.75, 3.05) is 36.4 Å². The number of anilines is 2. The van der Waals surface area contributed by atoms with E-state index in [0.717, 1.165) is 37.4 Å². The van der Waals surface area contributed by atoms with Crippen LogP contribution >= 0.6 is 11.6 Å². The molecule has 1 atom stereocenters. The number of hydrogen-bond acceptors (Lipinski definition) is 3. The zero-order valence-corrected chi connectivity index (χ0v) is 17.3. The highest BCUT2D eigenvalue weighted by molar-refractivity contribution is 6.31. The fraction of sp³-hybridized carbons (Fsp3) is 0.409. The lowest BCUT2D eigenvalue weighted by atomic mass is 10.1. The summed E-state index contributed by atoms with van der Waals surface area (Å²) in [4.78, 5) is 17.4. The van der Waals surface area contributed by atoms with Crippen molar-refractivity contribution in [2.45, 2.75) is 33.7 Å². The average Bonchev–Trinajstić information content (AvgIpc) is 2.66. The Balaban J connectivity index is 1.61. The minimum atomic E-state index is -0.177. The Bertz CT molecular complexity index is 828. The summed E-state index contributed by atoms with van der Waals surface area (Å²) < 4.78 is 0. The first kappa shape index (κ1) is 19.7. The minimum absolute atomic E-state index is 0.0144. The number of aryl methyl sites for hydroxylation is 2. The van der Waals surface area contributed by atoms with E-state index in [-0.39, 0.29) is 11.9 Å². The van der Waals surface area contributed by atoms with E-state index in [2.05, 4.69) is 47.2 Å². The summed E-state index contributed by atoms with van der Waals surface area (Å²) in [5, 5.41) is 3.66. The van der Waals surface area contributed by atoms with E-state index in [1.165, 1.54) is 16.8 Å². The molecule has 2 aromatic rings. The Hall–Kier alpha value is -2.04. The number of carbonyl (C=O) groups excluding carboxylic acids is 1. The third-order valence-electron chi connectivity index (χ3n) is 5.62. The monoisotopic (exact) mass is 385 g/mol. The largest absolute Gasteiger partial charge is 0.369 e. The van der Waals surface area contributed by atoms with Gasteiger partial charge in [0.15, 0.2) is 0 Å². The van der Waals surface area contributed by atoms with Crippen LogP contribution in [0, 0.1) is 20.8 Å². The molecule has 144 valence electrons. The van der Waals surface area contributed by atoms with Crippen LogP contribution in [0.4, 0.5) is 11.4 Å². The lowest BCUT2D eigenvalue weighted by Gasteiger charge is -2.39. The lowest BCUT2D eigenvalue weighted by Crippen LogP contribution is -2.53. The summed E-state index contributed by atoms with van der Waals surface area (Å²) in [6, 6.07) is 11.8. The van der Waals surface area contributed by atoms with Crippen LogP contribution in [-0.4, -0.2) is 43.0 Å². The maximum absolute atomic E-state index is 12.7. The Labute approximate surface area is 167 Å². The van der Waals surface area contributed by atoms with Crippen molar-refractivity contribution in [3.05, 3.63) is 58.1 Å². The molecular formula is C22H28ClN3O. The van der Waals surface area contributed by atoms with Gasteiger partial charge in [-0.2, -0.15) is 0 Å². The van der Waals surface area contributed by atoms with Crippen LogP contribution < -0.4 is 10.2 Å². The predicted octanol–water partition coefficient (Wildman–Crippen LogP) is 4.41. The third-order valence-corrected chi connectivity index (χ3v) is 5.85. The van der Waals surface area contributed by atoms with Crippen molar-refractivity contribution in [2.24, 2.45) is 0 Å². The predicted molar refractivity (Wildman–Crippen MR) is 114 cm³/mol. The van der Waals surface area contributed by atoms with Gasteiger partial charge >= 0.3 is 0 Å². The molecule has 1 aliphatic rings. The second kappa shape index (κ2) is 8.32. The molecule has 1 unspecified atom stereocenters. The highest BCUT2D eigenvalue weighted by Crippen LogP contribution is 2.25. The topological polar surface area (TPSA) is 35.6 Å². The fourth-order valence-electron chi connectivity index (χ4n) is 3.56. The van der Waals surface area contributed by atoms with Crippen molar-refractivity contribution < 1.29 is 4.79 Å². The maximum atomic E-state index is 12.7. The molecular weight excluding hydrogens is 358 g/mol. The van der Waals surface area contributed by atoms with Crippen LogP contribution in [0.2, 0.25) is 5.02 Å².